The van der Waals surface area contributed by atoms with Crippen LogP contribution in [0.1, 0.15) is 64.5 Å². The fourth-order valence-corrected chi connectivity index (χ4v) is 4.46. The van der Waals surface area contributed by atoms with Crippen molar-refractivity contribution in [2.75, 3.05) is 6.61 Å². The lowest BCUT2D eigenvalue weighted by atomic mass is 10.0. The maximum atomic E-state index is 13.7. The van der Waals surface area contributed by atoms with Crippen molar-refractivity contribution in [3.8, 4) is 11.5 Å². The molecule has 3 aromatic rings. The van der Waals surface area contributed by atoms with E-state index in [0.29, 0.717) is 22.3 Å². The van der Waals surface area contributed by atoms with Crippen LogP contribution in [0.25, 0.3) is 0 Å². The molecule has 0 fully saturated rings. The number of ether oxygens (including phenoxy) is 3. The summed E-state index contributed by atoms with van der Waals surface area (Å²) < 4.78 is 73.2. The van der Waals surface area contributed by atoms with E-state index in [0.717, 1.165) is 29.3 Å². The van der Waals surface area contributed by atoms with Gasteiger partial charge in [0.05, 0.1) is 16.7 Å². The maximum absolute atomic E-state index is 13.7. The van der Waals surface area contributed by atoms with Crippen molar-refractivity contribution < 1.29 is 50.3 Å². The third-order valence-corrected chi connectivity index (χ3v) is 6.86. The zero-order valence-corrected chi connectivity index (χ0v) is 23.9. The Morgan fingerprint density at radius 1 is 0.659 bits per heavy atom. The lowest BCUT2D eigenvalue weighted by Gasteiger charge is -2.15. The standard InChI is InChI=1S/C29H28F2O9S/c1-15-7-17(3)24(18(4)8-15)39-27(33)22-11-21(26(32)38-14-29(30,31)41(35,36)37)12-23(13-22)28(34)40-25-19(5)9-16(2)10-20(25)6/h7-13H,14H2,1-6H3,(H,35,36,37). The van der Waals surface area contributed by atoms with Gasteiger partial charge in [0.2, 0.25) is 0 Å². The molecule has 9 nitrogen and oxygen atoms in total. The van der Waals surface area contributed by atoms with E-state index in [1.807, 2.05) is 13.8 Å². The summed E-state index contributed by atoms with van der Waals surface area (Å²) >= 11 is 0. The van der Waals surface area contributed by atoms with Crippen LogP contribution in [0, 0.1) is 41.5 Å². The van der Waals surface area contributed by atoms with Gasteiger partial charge in [-0.15, -0.1) is 0 Å². The Hall–Kier alpha value is -4.16. The quantitative estimate of drug-likeness (QED) is 0.202. The summed E-state index contributed by atoms with van der Waals surface area (Å²) in [5.41, 5.74) is 3.25. The molecule has 0 aliphatic heterocycles. The van der Waals surface area contributed by atoms with Gasteiger partial charge in [0, 0.05) is 0 Å². The third kappa shape index (κ3) is 7.33. The molecule has 3 aromatic carbocycles. The normalized spacial score (nSPS) is 11.6. The second kappa shape index (κ2) is 11.8. The second-order valence-corrected chi connectivity index (χ2v) is 11.3. The highest BCUT2D eigenvalue weighted by atomic mass is 32.2. The minimum absolute atomic E-state index is 0.247. The number of hydrogen-bond acceptors (Lipinski definition) is 8. The fraction of sp³-hybridized carbons (Fsp3) is 0.276. The Morgan fingerprint density at radius 2 is 0.976 bits per heavy atom. The van der Waals surface area contributed by atoms with Crippen molar-refractivity contribution in [3.63, 3.8) is 0 Å². The SMILES string of the molecule is Cc1cc(C)c(OC(=O)c2cc(C(=O)OCC(F)(F)S(=O)(=O)O)cc(C(=O)Oc3c(C)cc(C)cc3C)c2)c(C)c1. The van der Waals surface area contributed by atoms with Crippen LogP contribution in [0.5, 0.6) is 11.5 Å². The molecular formula is C29H28F2O9S. The number of esters is 3. The lowest BCUT2D eigenvalue weighted by Crippen LogP contribution is -2.34. The largest absolute Gasteiger partial charge is 0.454 e. The number of benzene rings is 3. The first kappa shape index (κ1) is 31.4. The summed E-state index contributed by atoms with van der Waals surface area (Å²) in [6.07, 6.45) is 0. The summed E-state index contributed by atoms with van der Waals surface area (Å²) in [5, 5.41) is -4.79. The molecule has 0 radical (unpaired) electrons. The smallest absolute Gasteiger partial charge is 0.402 e. The Balaban J connectivity index is 2.02. The number of rotatable bonds is 8. The number of alkyl halides is 2. The summed E-state index contributed by atoms with van der Waals surface area (Å²) in [7, 11) is -5.87. The monoisotopic (exact) mass is 590 g/mol. The van der Waals surface area contributed by atoms with E-state index in [-0.39, 0.29) is 22.6 Å². The molecule has 12 heteroatoms. The molecule has 0 saturated carbocycles. The minimum Gasteiger partial charge on any atom is -0.454 e. The van der Waals surface area contributed by atoms with E-state index in [4.69, 9.17) is 14.0 Å². The number of halogens is 2. The molecule has 41 heavy (non-hydrogen) atoms. The van der Waals surface area contributed by atoms with Gasteiger partial charge >= 0.3 is 33.3 Å². The maximum Gasteiger partial charge on any atom is 0.402 e. The molecular weight excluding hydrogens is 562 g/mol. The summed E-state index contributed by atoms with van der Waals surface area (Å²) in [5.74, 6) is -2.96. The topological polar surface area (TPSA) is 133 Å². The average molecular weight is 591 g/mol. The van der Waals surface area contributed by atoms with Gasteiger partial charge < -0.3 is 14.2 Å². The summed E-state index contributed by atoms with van der Waals surface area (Å²) in [4.78, 5) is 38.9. The first-order chi connectivity index (χ1) is 18.9. The van der Waals surface area contributed by atoms with Gasteiger partial charge in [0.1, 0.15) is 11.5 Å². The van der Waals surface area contributed by atoms with Gasteiger partial charge in [0.15, 0.2) is 6.61 Å². The Kier molecular flexibility index (Phi) is 8.99. The highest BCUT2D eigenvalue weighted by Gasteiger charge is 2.45. The van der Waals surface area contributed by atoms with Crippen LogP contribution in [0.2, 0.25) is 0 Å². The van der Waals surface area contributed by atoms with Crippen LogP contribution < -0.4 is 9.47 Å². The van der Waals surface area contributed by atoms with Gasteiger partial charge in [-0.2, -0.15) is 17.2 Å². The minimum atomic E-state index is -5.87. The number of carbonyl (C=O) groups is 3. The third-order valence-electron chi connectivity index (χ3n) is 5.99. The molecule has 1 N–H and O–H groups in total. The van der Waals surface area contributed by atoms with Crippen LogP contribution in [0.3, 0.4) is 0 Å². The fourth-order valence-electron chi connectivity index (χ4n) is 4.25. The van der Waals surface area contributed by atoms with E-state index in [1.165, 1.54) is 0 Å². The molecule has 0 aromatic heterocycles. The Morgan fingerprint density at radius 3 is 1.29 bits per heavy atom. The Labute approximate surface area is 235 Å². The molecule has 0 atom stereocenters. The van der Waals surface area contributed by atoms with Crippen LogP contribution in [-0.2, 0) is 14.9 Å². The summed E-state index contributed by atoms with van der Waals surface area (Å²) in [6, 6.07) is 10.1. The van der Waals surface area contributed by atoms with Crippen LogP contribution in [-0.4, -0.2) is 42.7 Å². The van der Waals surface area contributed by atoms with E-state index in [2.05, 4.69) is 4.74 Å². The van der Waals surface area contributed by atoms with Crippen molar-refractivity contribution in [1.29, 1.82) is 0 Å². The van der Waals surface area contributed by atoms with Crippen molar-refractivity contribution >= 4 is 28.0 Å². The van der Waals surface area contributed by atoms with E-state index in [1.54, 1.807) is 52.0 Å². The first-order valence-corrected chi connectivity index (χ1v) is 13.6. The molecule has 0 saturated heterocycles. The van der Waals surface area contributed by atoms with Crippen molar-refractivity contribution in [1.82, 2.24) is 0 Å². The molecule has 0 bridgehead atoms. The van der Waals surface area contributed by atoms with Crippen molar-refractivity contribution in [2.45, 2.75) is 46.8 Å². The predicted octanol–water partition coefficient (Wildman–Crippen LogP) is 5.61. The van der Waals surface area contributed by atoms with Crippen molar-refractivity contribution in [3.05, 3.63) is 92.5 Å². The number of hydrogen-bond donors (Lipinski definition) is 1. The van der Waals surface area contributed by atoms with Crippen LogP contribution in [0.15, 0.2) is 42.5 Å². The zero-order valence-electron chi connectivity index (χ0n) is 23.1. The molecule has 0 heterocycles. The molecule has 0 aliphatic carbocycles. The molecule has 0 aliphatic rings. The van der Waals surface area contributed by atoms with E-state index >= 15 is 0 Å². The molecule has 0 unspecified atom stereocenters. The van der Waals surface area contributed by atoms with Crippen LogP contribution in [0.4, 0.5) is 8.78 Å². The van der Waals surface area contributed by atoms with Gasteiger partial charge in [-0.05, 0) is 82.0 Å². The Bertz CT molecular complexity index is 1520. The van der Waals surface area contributed by atoms with Crippen LogP contribution >= 0.6 is 0 Å². The highest BCUT2D eigenvalue weighted by Crippen LogP contribution is 2.28. The first-order valence-electron chi connectivity index (χ1n) is 12.2. The van der Waals surface area contributed by atoms with E-state index in [9.17, 15) is 31.6 Å². The molecule has 3 rings (SSSR count). The number of aryl methyl sites for hydroxylation is 6. The lowest BCUT2D eigenvalue weighted by molar-refractivity contribution is -0.00951. The van der Waals surface area contributed by atoms with Gasteiger partial charge in [-0.1, -0.05) is 35.4 Å². The second-order valence-electron chi connectivity index (χ2n) is 9.72. The molecule has 0 amide bonds. The predicted molar refractivity (Wildman–Crippen MR) is 144 cm³/mol. The molecule has 0 spiro atoms. The van der Waals surface area contributed by atoms with Crippen molar-refractivity contribution in [2.24, 2.45) is 0 Å². The molecule has 218 valence electrons. The zero-order chi connectivity index (χ0) is 30.9. The summed E-state index contributed by atoms with van der Waals surface area (Å²) in [6.45, 7) is 8.61. The van der Waals surface area contributed by atoms with Gasteiger partial charge in [-0.25, -0.2) is 14.4 Å². The van der Waals surface area contributed by atoms with E-state index < -0.39 is 45.5 Å². The highest BCUT2D eigenvalue weighted by molar-refractivity contribution is 7.86. The van der Waals surface area contributed by atoms with Gasteiger partial charge in [0.25, 0.3) is 0 Å². The number of carbonyl (C=O) groups excluding carboxylic acids is 3. The average Bonchev–Trinajstić information content (AvgIpc) is 2.85. The van der Waals surface area contributed by atoms with Gasteiger partial charge in [-0.3, -0.25) is 4.55 Å².